The second kappa shape index (κ2) is 7.01. The van der Waals surface area contributed by atoms with Crippen LogP contribution in [0.5, 0.6) is 0 Å². The first-order valence-electron chi connectivity index (χ1n) is 7.01. The first-order valence-corrected chi connectivity index (χ1v) is 7.89. The molecule has 1 unspecified atom stereocenters. The highest BCUT2D eigenvalue weighted by Gasteiger charge is 2.22. The molecule has 2 rings (SSSR count). The van der Waals surface area contributed by atoms with E-state index in [9.17, 15) is 4.79 Å². The molecule has 0 amide bonds. The van der Waals surface area contributed by atoms with Crippen molar-refractivity contribution in [1.29, 1.82) is 0 Å². The maximum Gasteiger partial charge on any atom is 0.303 e. The fraction of sp³-hybridized carbons (Fsp3) is 0.714. The van der Waals surface area contributed by atoms with Gasteiger partial charge in [0.05, 0.1) is 11.2 Å². The lowest BCUT2D eigenvalue weighted by atomic mass is 9.97. The van der Waals surface area contributed by atoms with E-state index in [1.807, 2.05) is 5.51 Å². The molecule has 1 aromatic heterocycles. The number of hydrogen-bond acceptors (Lipinski definition) is 4. The monoisotopic (exact) mass is 282 g/mol. The molecule has 1 saturated heterocycles. The van der Waals surface area contributed by atoms with E-state index < -0.39 is 5.97 Å². The summed E-state index contributed by atoms with van der Waals surface area (Å²) < 4.78 is 0. The smallest absolute Gasteiger partial charge is 0.303 e. The molecule has 0 bridgehead atoms. The average molecular weight is 282 g/mol. The number of thiazole rings is 1. The first-order chi connectivity index (χ1) is 9.16. The van der Waals surface area contributed by atoms with Crippen LogP contribution in [0.1, 0.15) is 42.7 Å². The van der Waals surface area contributed by atoms with Gasteiger partial charge in [0.25, 0.3) is 0 Å². The molecule has 0 aliphatic carbocycles. The number of nitrogens with zero attached hydrogens (tertiary/aromatic N) is 2. The van der Waals surface area contributed by atoms with Crippen LogP contribution in [0.15, 0.2) is 5.51 Å². The van der Waals surface area contributed by atoms with Crippen LogP contribution in [0, 0.1) is 6.92 Å². The van der Waals surface area contributed by atoms with Crippen LogP contribution in [0.25, 0.3) is 0 Å². The molecule has 1 fully saturated rings. The summed E-state index contributed by atoms with van der Waals surface area (Å²) in [6, 6.07) is 0.457. The summed E-state index contributed by atoms with van der Waals surface area (Å²) in [5, 5.41) is 8.82. The standard InChI is InChI=1S/C14H22N2O2S/c1-11-13(19-10-15-11)7-9-16-8-3-2-4-12(16)5-6-14(17)18/h10,12H,2-9H2,1H3,(H,17,18). The number of likely N-dealkylation sites (tertiary alicyclic amines) is 1. The minimum Gasteiger partial charge on any atom is -0.481 e. The molecule has 0 spiro atoms. The molecular weight excluding hydrogens is 260 g/mol. The van der Waals surface area contributed by atoms with Gasteiger partial charge >= 0.3 is 5.97 Å². The molecule has 1 atom stereocenters. The van der Waals surface area contributed by atoms with Crippen molar-refractivity contribution in [3.63, 3.8) is 0 Å². The summed E-state index contributed by atoms with van der Waals surface area (Å²) in [6.45, 7) is 4.21. The van der Waals surface area contributed by atoms with Gasteiger partial charge in [0.2, 0.25) is 0 Å². The molecule has 106 valence electrons. The van der Waals surface area contributed by atoms with Gasteiger partial charge in [-0.15, -0.1) is 11.3 Å². The SMILES string of the molecule is Cc1ncsc1CCN1CCCCC1CCC(=O)O. The second-order valence-electron chi connectivity index (χ2n) is 5.23. The van der Waals surface area contributed by atoms with Crippen molar-refractivity contribution in [1.82, 2.24) is 9.88 Å². The third-order valence-corrected chi connectivity index (χ3v) is 4.91. The van der Waals surface area contributed by atoms with E-state index in [4.69, 9.17) is 5.11 Å². The molecular formula is C14H22N2O2S. The number of aryl methyl sites for hydroxylation is 1. The Morgan fingerprint density at radius 1 is 1.58 bits per heavy atom. The van der Waals surface area contributed by atoms with Gasteiger partial charge in [-0.25, -0.2) is 4.98 Å². The van der Waals surface area contributed by atoms with E-state index >= 15 is 0 Å². The Morgan fingerprint density at radius 2 is 2.42 bits per heavy atom. The lowest BCUT2D eigenvalue weighted by molar-refractivity contribution is -0.137. The predicted molar refractivity (Wildman–Crippen MR) is 76.6 cm³/mol. The zero-order chi connectivity index (χ0) is 13.7. The van der Waals surface area contributed by atoms with E-state index in [1.165, 1.54) is 17.7 Å². The summed E-state index contributed by atoms with van der Waals surface area (Å²) in [6.07, 6.45) is 5.75. The van der Waals surface area contributed by atoms with Crippen molar-refractivity contribution in [2.24, 2.45) is 0 Å². The molecule has 4 nitrogen and oxygen atoms in total. The normalized spacial score (nSPS) is 20.6. The van der Waals surface area contributed by atoms with Gasteiger partial charge in [0.1, 0.15) is 0 Å². The molecule has 1 aliphatic rings. The Hall–Kier alpha value is -0.940. The van der Waals surface area contributed by atoms with Gasteiger partial charge in [-0.3, -0.25) is 4.79 Å². The minimum absolute atomic E-state index is 0.292. The van der Waals surface area contributed by atoms with Crippen molar-refractivity contribution in [3.8, 4) is 0 Å². The highest BCUT2D eigenvalue weighted by molar-refractivity contribution is 7.09. The Kier molecular flexibility index (Phi) is 5.34. The number of carboxylic acid groups (broad SMARTS) is 1. The van der Waals surface area contributed by atoms with E-state index in [0.29, 0.717) is 12.5 Å². The largest absolute Gasteiger partial charge is 0.481 e. The van der Waals surface area contributed by atoms with Crippen LogP contribution in [-0.4, -0.2) is 40.1 Å². The maximum atomic E-state index is 10.7. The summed E-state index contributed by atoms with van der Waals surface area (Å²) in [5.41, 5.74) is 3.05. The zero-order valence-electron chi connectivity index (χ0n) is 11.5. The highest BCUT2D eigenvalue weighted by Crippen LogP contribution is 2.22. The lowest BCUT2D eigenvalue weighted by Crippen LogP contribution is -2.40. The Balaban J connectivity index is 1.85. The average Bonchev–Trinajstić information content (AvgIpc) is 2.80. The van der Waals surface area contributed by atoms with Crippen LogP contribution in [0.2, 0.25) is 0 Å². The van der Waals surface area contributed by atoms with E-state index in [1.54, 1.807) is 11.3 Å². The minimum atomic E-state index is -0.677. The van der Waals surface area contributed by atoms with Gasteiger partial charge in [0, 0.05) is 23.9 Å². The van der Waals surface area contributed by atoms with Crippen LogP contribution < -0.4 is 0 Å². The summed E-state index contributed by atoms with van der Waals surface area (Å²) in [4.78, 5) is 18.8. The fourth-order valence-electron chi connectivity index (χ4n) is 2.78. The Morgan fingerprint density at radius 3 is 3.11 bits per heavy atom. The Bertz CT molecular complexity index is 419. The second-order valence-corrected chi connectivity index (χ2v) is 6.17. The molecule has 19 heavy (non-hydrogen) atoms. The number of aromatic nitrogens is 1. The molecule has 2 heterocycles. The molecule has 5 heteroatoms. The first kappa shape index (κ1) is 14.5. The van der Waals surface area contributed by atoms with Gasteiger partial charge in [-0.1, -0.05) is 6.42 Å². The van der Waals surface area contributed by atoms with Crippen molar-refractivity contribution >= 4 is 17.3 Å². The van der Waals surface area contributed by atoms with Crippen molar-refractivity contribution in [3.05, 3.63) is 16.1 Å². The highest BCUT2D eigenvalue weighted by atomic mass is 32.1. The Labute approximate surface area is 118 Å². The molecule has 1 aromatic rings. The molecule has 0 saturated carbocycles. The number of piperidine rings is 1. The van der Waals surface area contributed by atoms with Crippen LogP contribution in [0.3, 0.4) is 0 Å². The molecule has 0 radical (unpaired) electrons. The van der Waals surface area contributed by atoms with Crippen LogP contribution >= 0.6 is 11.3 Å². The predicted octanol–water partition coefficient (Wildman–Crippen LogP) is 2.71. The van der Waals surface area contributed by atoms with E-state index in [2.05, 4.69) is 16.8 Å². The maximum absolute atomic E-state index is 10.7. The number of rotatable bonds is 6. The van der Waals surface area contributed by atoms with Gasteiger partial charge in [-0.2, -0.15) is 0 Å². The topological polar surface area (TPSA) is 53.4 Å². The molecule has 1 N–H and O–H groups in total. The third-order valence-electron chi connectivity index (χ3n) is 3.91. The van der Waals surface area contributed by atoms with Gasteiger partial charge < -0.3 is 10.0 Å². The molecule has 1 aliphatic heterocycles. The number of carbonyl (C=O) groups is 1. The number of carboxylic acids is 1. The zero-order valence-corrected chi connectivity index (χ0v) is 12.3. The molecule has 0 aromatic carbocycles. The van der Waals surface area contributed by atoms with Crippen LogP contribution in [-0.2, 0) is 11.2 Å². The van der Waals surface area contributed by atoms with Crippen molar-refractivity contribution in [2.75, 3.05) is 13.1 Å². The van der Waals surface area contributed by atoms with Gasteiger partial charge in [0.15, 0.2) is 0 Å². The van der Waals surface area contributed by atoms with E-state index in [-0.39, 0.29) is 0 Å². The van der Waals surface area contributed by atoms with Crippen molar-refractivity contribution in [2.45, 2.75) is 51.5 Å². The summed E-state index contributed by atoms with van der Waals surface area (Å²) >= 11 is 1.73. The van der Waals surface area contributed by atoms with Gasteiger partial charge in [-0.05, 0) is 39.2 Å². The summed E-state index contributed by atoms with van der Waals surface area (Å²) in [7, 11) is 0. The number of hydrogen-bond donors (Lipinski definition) is 1. The van der Waals surface area contributed by atoms with Crippen LogP contribution in [0.4, 0.5) is 0 Å². The van der Waals surface area contributed by atoms with Crippen molar-refractivity contribution < 1.29 is 9.90 Å². The fourth-order valence-corrected chi connectivity index (χ4v) is 3.55. The summed E-state index contributed by atoms with van der Waals surface area (Å²) in [5.74, 6) is -0.677. The number of aliphatic carboxylic acids is 1. The third kappa shape index (κ3) is 4.28. The van der Waals surface area contributed by atoms with E-state index in [0.717, 1.165) is 38.0 Å². The quantitative estimate of drug-likeness (QED) is 0.871. The lowest BCUT2D eigenvalue weighted by Gasteiger charge is -2.35.